The van der Waals surface area contributed by atoms with E-state index in [1.54, 1.807) is 0 Å². The molecule has 1 saturated heterocycles. The molecule has 1 rings (SSSR count). The van der Waals surface area contributed by atoms with Gasteiger partial charge in [0.05, 0.1) is 0 Å². The van der Waals surface area contributed by atoms with Crippen molar-refractivity contribution in [2.24, 2.45) is 0 Å². The van der Waals surface area contributed by atoms with Gasteiger partial charge in [-0.2, -0.15) is 0 Å². The van der Waals surface area contributed by atoms with Crippen LogP contribution >= 0.6 is 0 Å². The van der Waals surface area contributed by atoms with Gasteiger partial charge in [-0.15, -0.1) is 0 Å². The molecule has 4 heteroatoms. The maximum Gasteiger partial charge on any atom is 0.322 e. The van der Waals surface area contributed by atoms with E-state index in [1.807, 2.05) is 20.8 Å². The van der Waals surface area contributed by atoms with Crippen molar-refractivity contribution in [3.8, 4) is 0 Å². The largest absolute Gasteiger partial charge is 0.480 e. The average Bonchev–Trinajstić information content (AvgIpc) is 1.96. The van der Waals surface area contributed by atoms with Crippen LogP contribution in [0.2, 0.25) is 0 Å². The second-order valence-electron chi connectivity index (χ2n) is 3.52. The number of nitrogens with one attached hydrogen (secondary N) is 2. The number of carbonyl (C=O) groups is 1. The highest BCUT2D eigenvalue weighted by Crippen LogP contribution is 2.07. The zero-order valence-corrected chi connectivity index (χ0v) is 7.66. The van der Waals surface area contributed by atoms with Gasteiger partial charge in [-0.1, -0.05) is 0 Å². The van der Waals surface area contributed by atoms with Gasteiger partial charge in [0.15, 0.2) is 0 Å². The lowest BCUT2D eigenvalue weighted by molar-refractivity contribution is -0.141. The molecule has 4 atom stereocenters. The lowest BCUT2D eigenvalue weighted by atomic mass is 10.00. The third-order valence-corrected chi connectivity index (χ3v) is 2.48. The molecule has 4 nitrogen and oxygen atoms in total. The second-order valence-corrected chi connectivity index (χ2v) is 3.52. The van der Waals surface area contributed by atoms with E-state index >= 15 is 0 Å². The molecule has 0 spiro atoms. The Morgan fingerprint density at radius 3 is 2.08 bits per heavy atom. The van der Waals surface area contributed by atoms with Gasteiger partial charge in [-0.25, -0.2) is 0 Å². The highest BCUT2D eigenvalue weighted by molar-refractivity contribution is 5.74. The first-order chi connectivity index (χ1) is 5.52. The first kappa shape index (κ1) is 9.48. The van der Waals surface area contributed by atoms with Gasteiger partial charge < -0.3 is 10.4 Å². The number of hydrogen-bond donors (Lipinski definition) is 3. The molecule has 3 N–H and O–H groups in total. The molecule has 1 heterocycles. The van der Waals surface area contributed by atoms with Crippen molar-refractivity contribution in [3.05, 3.63) is 0 Å². The molecule has 12 heavy (non-hydrogen) atoms. The van der Waals surface area contributed by atoms with Crippen LogP contribution in [0, 0.1) is 0 Å². The molecule has 0 aromatic rings. The van der Waals surface area contributed by atoms with E-state index in [-0.39, 0.29) is 12.1 Å². The summed E-state index contributed by atoms with van der Waals surface area (Å²) < 4.78 is 0. The quantitative estimate of drug-likeness (QED) is 0.512. The predicted molar refractivity (Wildman–Crippen MR) is 46.1 cm³/mol. The highest BCUT2D eigenvalue weighted by atomic mass is 16.4. The van der Waals surface area contributed by atoms with E-state index in [9.17, 15) is 4.79 Å². The molecule has 0 amide bonds. The molecule has 0 aromatic heterocycles. The van der Waals surface area contributed by atoms with Crippen LogP contribution in [0.4, 0.5) is 0 Å². The fourth-order valence-corrected chi connectivity index (χ4v) is 1.51. The standard InChI is InChI=1S/C8H16N2O2/c1-4-5(2)10-7(8(11)12)6(3)9-4/h4-7,9-10H,1-3H3,(H,11,12). The minimum absolute atomic E-state index is 0.00583. The van der Waals surface area contributed by atoms with E-state index in [4.69, 9.17) is 5.11 Å². The zero-order valence-electron chi connectivity index (χ0n) is 7.66. The summed E-state index contributed by atoms with van der Waals surface area (Å²) in [5.74, 6) is -0.784. The topological polar surface area (TPSA) is 61.4 Å². The van der Waals surface area contributed by atoms with Gasteiger partial charge in [0.2, 0.25) is 0 Å². The summed E-state index contributed by atoms with van der Waals surface area (Å²) in [5.41, 5.74) is 0. The molecule has 4 unspecified atom stereocenters. The molecule has 0 bridgehead atoms. The monoisotopic (exact) mass is 172 g/mol. The van der Waals surface area contributed by atoms with E-state index in [0.717, 1.165) is 0 Å². The van der Waals surface area contributed by atoms with Crippen LogP contribution in [0.5, 0.6) is 0 Å². The van der Waals surface area contributed by atoms with Crippen molar-refractivity contribution in [1.29, 1.82) is 0 Å². The number of carboxylic acid groups (broad SMARTS) is 1. The molecule has 0 aromatic carbocycles. The average molecular weight is 172 g/mol. The van der Waals surface area contributed by atoms with Crippen LogP contribution in [0.25, 0.3) is 0 Å². The Balaban J connectivity index is 2.61. The van der Waals surface area contributed by atoms with Crippen molar-refractivity contribution in [2.75, 3.05) is 0 Å². The molecule has 0 radical (unpaired) electrons. The van der Waals surface area contributed by atoms with Gasteiger partial charge in [0.25, 0.3) is 0 Å². The maximum atomic E-state index is 10.7. The summed E-state index contributed by atoms with van der Waals surface area (Å²) >= 11 is 0. The lowest BCUT2D eigenvalue weighted by Crippen LogP contribution is -2.65. The van der Waals surface area contributed by atoms with Crippen molar-refractivity contribution in [2.45, 2.75) is 44.9 Å². The molecule has 0 aliphatic carbocycles. The number of piperazine rings is 1. The molecule has 1 fully saturated rings. The van der Waals surface area contributed by atoms with E-state index in [0.29, 0.717) is 6.04 Å². The van der Waals surface area contributed by atoms with Gasteiger partial charge >= 0.3 is 5.97 Å². The third-order valence-electron chi connectivity index (χ3n) is 2.48. The minimum atomic E-state index is -0.784. The normalized spacial score (nSPS) is 42.6. The summed E-state index contributed by atoms with van der Waals surface area (Å²) in [5, 5.41) is 15.1. The van der Waals surface area contributed by atoms with Crippen LogP contribution in [0.1, 0.15) is 20.8 Å². The highest BCUT2D eigenvalue weighted by Gasteiger charge is 2.33. The Morgan fingerprint density at radius 2 is 1.58 bits per heavy atom. The molecule has 1 aliphatic heterocycles. The van der Waals surface area contributed by atoms with Crippen LogP contribution in [-0.2, 0) is 4.79 Å². The smallest absolute Gasteiger partial charge is 0.322 e. The summed E-state index contributed by atoms with van der Waals surface area (Å²) in [6.45, 7) is 5.92. The van der Waals surface area contributed by atoms with E-state index in [1.165, 1.54) is 0 Å². The Bertz CT molecular complexity index is 184. The number of aliphatic carboxylic acids is 1. The minimum Gasteiger partial charge on any atom is -0.480 e. The van der Waals surface area contributed by atoms with E-state index in [2.05, 4.69) is 10.6 Å². The van der Waals surface area contributed by atoms with Gasteiger partial charge in [0.1, 0.15) is 6.04 Å². The Kier molecular flexibility index (Phi) is 2.69. The van der Waals surface area contributed by atoms with Crippen molar-refractivity contribution < 1.29 is 9.90 Å². The van der Waals surface area contributed by atoms with E-state index < -0.39 is 12.0 Å². The first-order valence-electron chi connectivity index (χ1n) is 4.27. The van der Waals surface area contributed by atoms with Crippen molar-refractivity contribution in [3.63, 3.8) is 0 Å². The summed E-state index contributed by atoms with van der Waals surface area (Å²) in [6.07, 6.45) is 0. The third kappa shape index (κ3) is 1.76. The van der Waals surface area contributed by atoms with Gasteiger partial charge in [-0.3, -0.25) is 10.1 Å². The summed E-state index contributed by atoms with van der Waals surface area (Å²) in [6, 6.07) is 0.0720. The number of hydrogen-bond acceptors (Lipinski definition) is 3. The SMILES string of the molecule is CC1NC(C)C(C(=O)O)NC1C. The lowest BCUT2D eigenvalue weighted by Gasteiger charge is -2.37. The fraction of sp³-hybridized carbons (Fsp3) is 0.875. The first-order valence-corrected chi connectivity index (χ1v) is 4.27. The van der Waals surface area contributed by atoms with Crippen molar-refractivity contribution >= 4 is 5.97 Å². The number of rotatable bonds is 1. The summed E-state index contributed by atoms with van der Waals surface area (Å²) in [7, 11) is 0. The van der Waals surface area contributed by atoms with Crippen LogP contribution < -0.4 is 10.6 Å². The van der Waals surface area contributed by atoms with Gasteiger partial charge in [0, 0.05) is 18.1 Å². The molecule has 1 aliphatic rings. The van der Waals surface area contributed by atoms with Crippen molar-refractivity contribution in [1.82, 2.24) is 10.6 Å². The Hall–Kier alpha value is -0.610. The van der Waals surface area contributed by atoms with Gasteiger partial charge in [-0.05, 0) is 20.8 Å². The molecular weight excluding hydrogens is 156 g/mol. The molecule has 70 valence electrons. The number of carboxylic acids is 1. The van der Waals surface area contributed by atoms with Crippen LogP contribution in [0.3, 0.4) is 0 Å². The second kappa shape index (κ2) is 3.41. The molecular formula is C8H16N2O2. The Labute approximate surface area is 72.3 Å². The summed E-state index contributed by atoms with van der Waals surface area (Å²) in [4.78, 5) is 10.7. The maximum absolute atomic E-state index is 10.7. The van der Waals surface area contributed by atoms with Crippen LogP contribution in [-0.4, -0.2) is 35.2 Å². The van der Waals surface area contributed by atoms with Crippen LogP contribution in [0.15, 0.2) is 0 Å². The Morgan fingerprint density at radius 1 is 1.08 bits per heavy atom. The molecule has 0 saturated carbocycles. The fourth-order valence-electron chi connectivity index (χ4n) is 1.51. The zero-order chi connectivity index (χ0) is 9.30. The predicted octanol–water partition coefficient (Wildman–Crippen LogP) is -0.202.